The first-order valence-corrected chi connectivity index (χ1v) is 9.51. The van der Waals surface area contributed by atoms with Crippen molar-refractivity contribution < 1.29 is 4.79 Å². The monoisotopic (exact) mass is 350 g/mol. The molecule has 1 aromatic carbocycles. The molecule has 3 unspecified atom stereocenters. The smallest absolute Gasteiger partial charge is 0.226 e. The van der Waals surface area contributed by atoms with E-state index in [9.17, 15) is 4.79 Å². The van der Waals surface area contributed by atoms with E-state index in [0.717, 1.165) is 32.4 Å². The molecule has 1 amide bonds. The van der Waals surface area contributed by atoms with E-state index in [4.69, 9.17) is 5.73 Å². The molecule has 4 rings (SSSR count). The molecule has 2 fully saturated rings. The van der Waals surface area contributed by atoms with Crippen LogP contribution in [0.25, 0.3) is 0 Å². The van der Waals surface area contributed by atoms with Crippen molar-refractivity contribution in [2.24, 2.45) is 17.6 Å². The number of hydrogen-bond acceptors (Lipinski definition) is 4. The highest BCUT2D eigenvalue weighted by molar-refractivity contribution is 5.83. The van der Waals surface area contributed by atoms with Crippen molar-refractivity contribution in [3.8, 4) is 0 Å². The van der Waals surface area contributed by atoms with Gasteiger partial charge in [-0.2, -0.15) is 0 Å². The molecule has 2 N–H and O–H groups in total. The fourth-order valence-corrected chi connectivity index (χ4v) is 4.06. The molecule has 3 atom stereocenters. The first-order valence-electron chi connectivity index (χ1n) is 9.51. The van der Waals surface area contributed by atoms with Gasteiger partial charge in [0.25, 0.3) is 0 Å². The van der Waals surface area contributed by atoms with Crippen molar-refractivity contribution in [2.75, 3.05) is 13.1 Å². The number of nitrogens with zero attached hydrogens (tertiary/aromatic N) is 3. The lowest BCUT2D eigenvalue weighted by molar-refractivity contribution is -0.134. The average molecular weight is 350 g/mol. The molecule has 5 heteroatoms. The van der Waals surface area contributed by atoms with Crippen molar-refractivity contribution in [3.63, 3.8) is 0 Å². The summed E-state index contributed by atoms with van der Waals surface area (Å²) in [5.74, 6) is 1.94. The van der Waals surface area contributed by atoms with Crippen molar-refractivity contribution in [1.82, 2.24) is 14.9 Å². The van der Waals surface area contributed by atoms with Crippen LogP contribution in [-0.2, 0) is 4.79 Å². The molecule has 1 aliphatic heterocycles. The van der Waals surface area contributed by atoms with E-state index in [2.05, 4.69) is 41.2 Å². The second-order valence-corrected chi connectivity index (χ2v) is 7.65. The molecule has 1 saturated carbocycles. The van der Waals surface area contributed by atoms with E-state index in [1.54, 1.807) is 18.5 Å². The van der Waals surface area contributed by atoms with Gasteiger partial charge < -0.3 is 10.6 Å². The minimum atomic E-state index is -0.144. The van der Waals surface area contributed by atoms with Gasteiger partial charge >= 0.3 is 0 Å². The number of nitrogens with two attached hydrogens (primary N) is 1. The number of piperidine rings is 1. The number of carbonyl (C=O) groups excluding carboxylic acids is 1. The fraction of sp³-hybridized carbons (Fsp3) is 0.476. The van der Waals surface area contributed by atoms with E-state index < -0.39 is 0 Å². The first-order chi connectivity index (χ1) is 12.6. The predicted molar refractivity (Wildman–Crippen MR) is 100 cm³/mol. The van der Waals surface area contributed by atoms with Crippen molar-refractivity contribution >= 4 is 5.91 Å². The van der Waals surface area contributed by atoms with E-state index in [-0.39, 0.29) is 12.0 Å². The molecule has 1 aromatic heterocycles. The third kappa shape index (κ3) is 3.49. The van der Waals surface area contributed by atoms with Crippen LogP contribution in [0.2, 0.25) is 0 Å². The quantitative estimate of drug-likeness (QED) is 0.920. The second kappa shape index (κ2) is 7.16. The molecule has 1 aliphatic carbocycles. The number of likely N-dealkylation sites (tertiary alicyclic amines) is 1. The van der Waals surface area contributed by atoms with Gasteiger partial charge in [-0.05, 0) is 49.7 Å². The van der Waals surface area contributed by atoms with Gasteiger partial charge in [0.1, 0.15) is 5.82 Å². The molecule has 1 saturated heterocycles. The summed E-state index contributed by atoms with van der Waals surface area (Å²) < 4.78 is 0. The Balaban J connectivity index is 1.31. The molecule has 0 radical (unpaired) electrons. The van der Waals surface area contributed by atoms with Gasteiger partial charge in [0.2, 0.25) is 5.91 Å². The Labute approximate surface area is 154 Å². The highest BCUT2D eigenvalue weighted by Crippen LogP contribution is 2.48. The van der Waals surface area contributed by atoms with Crippen LogP contribution in [0.4, 0.5) is 0 Å². The summed E-state index contributed by atoms with van der Waals surface area (Å²) in [6.45, 7) is 3.68. The summed E-state index contributed by atoms with van der Waals surface area (Å²) in [5, 5.41) is 0. The van der Waals surface area contributed by atoms with E-state index in [1.165, 1.54) is 11.1 Å². The van der Waals surface area contributed by atoms with Crippen molar-refractivity contribution in [1.29, 1.82) is 0 Å². The maximum atomic E-state index is 12.8. The minimum absolute atomic E-state index is 0.144. The molecular formula is C21H26N4O. The Bertz CT molecular complexity index is 753. The lowest BCUT2D eigenvalue weighted by atomic mass is 9.89. The van der Waals surface area contributed by atoms with E-state index >= 15 is 0 Å². The summed E-state index contributed by atoms with van der Waals surface area (Å²) in [6, 6.07) is 10.3. The highest BCUT2D eigenvalue weighted by Gasteiger charge is 2.46. The zero-order valence-corrected chi connectivity index (χ0v) is 15.2. The molecular weight excluding hydrogens is 324 g/mol. The van der Waals surface area contributed by atoms with Gasteiger partial charge in [-0.3, -0.25) is 4.79 Å². The first kappa shape index (κ1) is 17.2. The maximum Gasteiger partial charge on any atom is 0.226 e. The van der Waals surface area contributed by atoms with E-state index in [0.29, 0.717) is 23.6 Å². The molecule has 5 nitrogen and oxygen atoms in total. The lowest BCUT2D eigenvalue weighted by Gasteiger charge is -2.34. The number of amides is 1. The van der Waals surface area contributed by atoms with Crippen LogP contribution in [0, 0.1) is 18.8 Å². The third-order valence-electron chi connectivity index (χ3n) is 5.86. The van der Waals surface area contributed by atoms with E-state index in [1.807, 2.05) is 4.90 Å². The Morgan fingerprint density at radius 3 is 2.46 bits per heavy atom. The molecule has 0 bridgehead atoms. The Morgan fingerprint density at radius 1 is 1.15 bits per heavy atom. The molecule has 136 valence electrons. The molecule has 26 heavy (non-hydrogen) atoms. The SMILES string of the molecule is Cc1ccc(C2CC2C(=O)N2CCC(C(N)c3ncccn3)CC2)cc1. The molecule has 2 heterocycles. The summed E-state index contributed by atoms with van der Waals surface area (Å²) in [7, 11) is 0. The summed E-state index contributed by atoms with van der Waals surface area (Å²) in [4.78, 5) is 23.4. The Hall–Kier alpha value is -2.27. The van der Waals surface area contributed by atoms with Gasteiger partial charge in [-0.25, -0.2) is 9.97 Å². The largest absolute Gasteiger partial charge is 0.342 e. The minimum Gasteiger partial charge on any atom is -0.342 e. The van der Waals surface area contributed by atoms with Crippen LogP contribution in [0.5, 0.6) is 0 Å². The van der Waals surface area contributed by atoms with Gasteiger partial charge in [-0.1, -0.05) is 29.8 Å². The summed E-state index contributed by atoms with van der Waals surface area (Å²) in [5.41, 5.74) is 8.91. The lowest BCUT2D eigenvalue weighted by Crippen LogP contribution is -2.42. The van der Waals surface area contributed by atoms with Gasteiger partial charge in [-0.15, -0.1) is 0 Å². The standard InChI is InChI=1S/C21H26N4O/c1-14-3-5-15(6-4-14)17-13-18(17)21(26)25-11-7-16(8-12-25)19(22)20-23-9-2-10-24-20/h2-6,9-10,16-19H,7-8,11-13,22H2,1H3. The van der Waals surface area contributed by atoms with Gasteiger partial charge in [0.15, 0.2) is 0 Å². The van der Waals surface area contributed by atoms with Gasteiger partial charge in [0.05, 0.1) is 6.04 Å². The molecule has 2 aliphatic rings. The van der Waals surface area contributed by atoms with Gasteiger partial charge in [0, 0.05) is 31.4 Å². The normalized spacial score (nSPS) is 24.3. The fourth-order valence-electron chi connectivity index (χ4n) is 4.06. The zero-order chi connectivity index (χ0) is 18.1. The highest BCUT2D eigenvalue weighted by atomic mass is 16.2. The van der Waals surface area contributed by atoms with Crippen LogP contribution in [0.3, 0.4) is 0 Å². The number of aryl methyl sites for hydroxylation is 1. The maximum absolute atomic E-state index is 12.8. The number of rotatable bonds is 4. The number of carbonyl (C=O) groups is 1. The van der Waals surface area contributed by atoms with Crippen LogP contribution >= 0.6 is 0 Å². The summed E-state index contributed by atoms with van der Waals surface area (Å²) in [6.07, 6.45) is 6.30. The number of benzene rings is 1. The Kier molecular flexibility index (Phi) is 4.72. The van der Waals surface area contributed by atoms with Crippen molar-refractivity contribution in [3.05, 3.63) is 59.7 Å². The zero-order valence-electron chi connectivity index (χ0n) is 15.2. The van der Waals surface area contributed by atoms with Crippen LogP contribution in [0.1, 0.15) is 48.2 Å². The molecule has 2 aromatic rings. The average Bonchev–Trinajstić information content (AvgIpc) is 3.49. The topological polar surface area (TPSA) is 72.1 Å². The Morgan fingerprint density at radius 2 is 1.81 bits per heavy atom. The number of hydrogen-bond donors (Lipinski definition) is 1. The second-order valence-electron chi connectivity index (χ2n) is 7.65. The van der Waals surface area contributed by atoms with Crippen LogP contribution in [0.15, 0.2) is 42.7 Å². The number of aromatic nitrogens is 2. The molecule has 0 spiro atoms. The van der Waals surface area contributed by atoms with Crippen LogP contribution in [-0.4, -0.2) is 33.9 Å². The van der Waals surface area contributed by atoms with Crippen molar-refractivity contribution in [2.45, 2.75) is 38.1 Å². The van der Waals surface area contributed by atoms with Crippen LogP contribution < -0.4 is 5.73 Å². The third-order valence-corrected chi connectivity index (χ3v) is 5.86. The summed E-state index contributed by atoms with van der Waals surface area (Å²) >= 11 is 0. The predicted octanol–water partition coefficient (Wildman–Crippen LogP) is 2.83.